The summed E-state index contributed by atoms with van der Waals surface area (Å²) in [5, 5.41) is 0. The monoisotopic (exact) mass is 664 g/mol. The minimum absolute atomic E-state index is 0.295. The van der Waals surface area contributed by atoms with Crippen LogP contribution in [-0.4, -0.2) is 151 Å². The molecule has 268 valence electrons. The van der Waals surface area contributed by atoms with Crippen molar-refractivity contribution in [3.63, 3.8) is 0 Å². The Balaban J connectivity index is 1.27. The zero-order chi connectivity index (χ0) is 33.0. The lowest BCUT2D eigenvalue weighted by molar-refractivity contribution is -0.213. The highest BCUT2D eigenvalue weighted by molar-refractivity contribution is 4.93. The van der Waals surface area contributed by atoms with Crippen LogP contribution in [-0.2, 0) is 66.3 Å². The maximum Gasteiger partial charge on any atom is 0.163 e. The quantitative estimate of drug-likeness (QED) is 0.435. The first kappa shape index (κ1) is 36.7. The van der Waals surface area contributed by atoms with Gasteiger partial charge in [0.15, 0.2) is 23.1 Å². The highest BCUT2D eigenvalue weighted by Gasteiger charge is 2.49. The Bertz CT molecular complexity index is 798. The van der Waals surface area contributed by atoms with Crippen LogP contribution in [0.3, 0.4) is 0 Å². The largest absolute Gasteiger partial charge is 0.377 e. The fourth-order valence-corrected chi connectivity index (χ4v) is 6.34. The predicted molar refractivity (Wildman–Crippen MR) is 160 cm³/mol. The van der Waals surface area contributed by atoms with Crippen LogP contribution in [0, 0.1) is 0 Å². The van der Waals surface area contributed by atoms with Crippen LogP contribution in [0.4, 0.5) is 0 Å². The Kier molecular flexibility index (Phi) is 12.4. The molecule has 5 rings (SSSR count). The van der Waals surface area contributed by atoms with E-state index in [4.69, 9.17) is 66.3 Å². The third-order valence-corrected chi connectivity index (χ3v) is 8.39. The van der Waals surface area contributed by atoms with Crippen LogP contribution in [0.5, 0.6) is 0 Å². The zero-order valence-electron chi connectivity index (χ0n) is 28.8. The minimum atomic E-state index is -0.739. The van der Waals surface area contributed by atoms with Gasteiger partial charge in [0.2, 0.25) is 0 Å². The summed E-state index contributed by atoms with van der Waals surface area (Å²) in [4.78, 5) is 0. The molecule has 5 fully saturated rings. The second-order valence-electron chi connectivity index (χ2n) is 14.0. The molecule has 5 saturated heterocycles. The van der Waals surface area contributed by atoms with Crippen LogP contribution >= 0.6 is 0 Å². The second-order valence-corrected chi connectivity index (χ2v) is 14.0. The van der Waals surface area contributed by atoms with Gasteiger partial charge in [0.25, 0.3) is 0 Å². The summed E-state index contributed by atoms with van der Waals surface area (Å²) >= 11 is 0. The smallest absolute Gasteiger partial charge is 0.163 e. The van der Waals surface area contributed by atoms with Crippen molar-refractivity contribution in [1.29, 1.82) is 0 Å². The van der Waals surface area contributed by atoms with Crippen LogP contribution < -0.4 is 0 Å². The van der Waals surface area contributed by atoms with Gasteiger partial charge < -0.3 is 66.3 Å². The minimum Gasteiger partial charge on any atom is -0.377 e. The van der Waals surface area contributed by atoms with E-state index in [9.17, 15) is 0 Å². The molecule has 8 atom stereocenters. The van der Waals surface area contributed by atoms with Crippen molar-refractivity contribution in [3.8, 4) is 0 Å². The first-order valence-electron chi connectivity index (χ1n) is 16.6. The van der Waals surface area contributed by atoms with Gasteiger partial charge in [-0.25, -0.2) is 0 Å². The average Bonchev–Trinajstić information content (AvgIpc) is 3.72. The normalized spacial score (nSPS) is 41.2. The van der Waals surface area contributed by atoms with E-state index in [1.54, 1.807) is 0 Å². The van der Waals surface area contributed by atoms with E-state index in [2.05, 4.69) is 0 Å². The molecule has 14 nitrogen and oxygen atoms in total. The summed E-state index contributed by atoms with van der Waals surface area (Å²) in [7, 11) is 0. The average molecular weight is 665 g/mol. The van der Waals surface area contributed by atoms with Crippen LogP contribution in [0.1, 0.15) is 55.4 Å². The molecule has 0 aliphatic carbocycles. The molecule has 46 heavy (non-hydrogen) atoms. The molecule has 0 amide bonds. The van der Waals surface area contributed by atoms with E-state index in [-0.39, 0.29) is 24.4 Å². The molecule has 0 aromatic carbocycles. The molecule has 0 aromatic rings. The van der Waals surface area contributed by atoms with Crippen molar-refractivity contribution in [1.82, 2.24) is 0 Å². The van der Waals surface area contributed by atoms with Crippen LogP contribution in [0.25, 0.3) is 0 Å². The Morgan fingerprint density at radius 3 is 0.717 bits per heavy atom. The zero-order valence-corrected chi connectivity index (χ0v) is 28.8. The van der Waals surface area contributed by atoms with E-state index < -0.39 is 47.6 Å². The van der Waals surface area contributed by atoms with Crippen molar-refractivity contribution < 1.29 is 66.3 Å². The van der Waals surface area contributed by atoms with Crippen molar-refractivity contribution >= 4 is 0 Å². The van der Waals surface area contributed by atoms with E-state index in [1.165, 1.54) is 0 Å². The molecular formula is C32H56O14. The lowest BCUT2D eigenvalue weighted by Crippen LogP contribution is -2.51. The number of rotatable bonds is 4. The number of ether oxygens (including phenoxy) is 14. The lowest BCUT2D eigenvalue weighted by atomic mass is 10.0. The molecule has 0 saturated carbocycles. The summed E-state index contributed by atoms with van der Waals surface area (Å²) < 4.78 is 86.1. The topological polar surface area (TPSA) is 129 Å². The molecule has 0 aromatic heterocycles. The van der Waals surface area contributed by atoms with Crippen molar-refractivity contribution in [2.24, 2.45) is 0 Å². The number of hydrogen-bond acceptors (Lipinski definition) is 14. The molecule has 0 spiro atoms. The first-order chi connectivity index (χ1) is 21.7. The first-order valence-corrected chi connectivity index (χ1v) is 16.6. The van der Waals surface area contributed by atoms with Crippen molar-refractivity contribution in [3.05, 3.63) is 0 Å². The van der Waals surface area contributed by atoms with Crippen LogP contribution in [0.2, 0.25) is 0 Å². The summed E-state index contributed by atoms with van der Waals surface area (Å²) in [6.45, 7) is 19.0. The highest BCUT2D eigenvalue weighted by Crippen LogP contribution is 2.34. The lowest BCUT2D eigenvalue weighted by Gasteiger charge is -2.35. The second kappa shape index (κ2) is 15.5. The molecule has 0 bridgehead atoms. The van der Waals surface area contributed by atoms with E-state index in [0.717, 1.165) is 0 Å². The molecular weight excluding hydrogens is 608 g/mol. The molecule has 5 heterocycles. The Hall–Kier alpha value is -0.560. The molecule has 0 N–H and O–H groups in total. The van der Waals surface area contributed by atoms with Gasteiger partial charge >= 0.3 is 0 Å². The Morgan fingerprint density at radius 2 is 0.543 bits per heavy atom. The molecule has 5 aliphatic heterocycles. The van der Waals surface area contributed by atoms with Crippen molar-refractivity contribution in [2.45, 2.75) is 127 Å². The molecule has 5 aliphatic rings. The van der Waals surface area contributed by atoms with E-state index in [0.29, 0.717) is 79.3 Å². The predicted octanol–water partition coefficient (Wildman–Crippen LogP) is 2.18. The summed E-state index contributed by atoms with van der Waals surface area (Å²) in [6, 6.07) is 0. The fraction of sp³-hybridized carbons (Fsp3) is 1.00. The van der Waals surface area contributed by atoms with Gasteiger partial charge in [-0.05, 0) is 55.4 Å². The van der Waals surface area contributed by atoms with Gasteiger partial charge in [0.1, 0.15) is 48.8 Å². The third kappa shape index (κ3) is 10.2. The Labute approximate surface area is 273 Å². The summed E-state index contributed by atoms with van der Waals surface area (Å²) in [5.41, 5.74) is 0. The SMILES string of the molecule is CC1(C)OC[C@H]([C@H]2OCCOCCO[C@H]([C@H]3COC(C)(C)O3)[C@@H]([C@H]3COC(C)(C)O3)OCCOCCO[C@@H]2[C@H]2COC(C)(C)O2)O1. The van der Waals surface area contributed by atoms with Gasteiger partial charge in [-0.3, -0.25) is 0 Å². The maximum atomic E-state index is 6.43. The Morgan fingerprint density at radius 1 is 0.326 bits per heavy atom. The van der Waals surface area contributed by atoms with Gasteiger partial charge in [0, 0.05) is 0 Å². The van der Waals surface area contributed by atoms with Gasteiger partial charge in [-0.1, -0.05) is 0 Å². The third-order valence-electron chi connectivity index (χ3n) is 8.39. The van der Waals surface area contributed by atoms with Gasteiger partial charge in [0.05, 0.1) is 79.3 Å². The molecule has 0 unspecified atom stereocenters. The molecule has 14 heteroatoms. The summed E-state index contributed by atoms with van der Waals surface area (Å²) in [5.74, 6) is -2.96. The maximum absolute atomic E-state index is 6.43. The van der Waals surface area contributed by atoms with E-state index in [1.807, 2.05) is 55.4 Å². The van der Waals surface area contributed by atoms with Crippen LogP contribution in [0.15, 0.2) is 0 Å². The van der Waals surface area contributed by atoms with Crippen molar-refractivity contribution in [2.75, 3.05) is 79.3 Å². The standard InChI is InChI=1S/C32H56O14/c1-29(2)39-17-21(43-29)25-26(22-18-40-30(3,4)44-22)36-14-10-34-12-16-38-28(24-20-42-32(7,8)46-24)27(23-19-41-31(5,6)45-23)37-15-11-33-9-13-35-25/h21-28H,9-20H2,1-8H3/t21-,22-,23-,24-,25-,26-,27-,28-/m1/s1. The van der Waals surface area contributed by atoms with Gasteiger partial charge in [-0.15, -0.1) is 0 Å². The van der Waals surface area contributed by atoms with E-state index >= 15 is 0 Å². The number of hydrogen-bond donors (Lipinski definition) is 0. The summed E-state index contributed by atoms with van der Waals surface area (Å²) in [6.07, 6.45) is -3.52. The molecule has 0 radical (unpaired) electrons. The van der Waals surface area contributed by atoms with Gasteiger partial charge in [-0.2, -0.15) is 0 Å². The fourth-order valence-electron chi connectivity index (χ4n) is 6.34. The highest BCUT2D eigenvalue weighted by atomic mass is 16.8.